The van der Waals surface area contributed by atoms with E-state index < -0.39 is 5.60 Å². The molecule has 0 spiro atoms. The third-order valence-corrected chi connectivity index (χ3v) is 4.17. The molecule has 1 aromatic heterocycles. The smallest absolute Gasteiger partial charge is 0.410 e. The van der Waals surface area contributed by atoms with Crippen molar-refractivity contribution in [1.29, 1.82) is 5.26 Å². The van der Waals surface area contributed by atoms with Crippen molar-refractivity contribution in [3.05, 3.63) is 35.5 Å². The summed E-state index contributed by atoms with van der Waals surface area (Å²) in [5.41, 5.74) is 9.59. The molecule has 0 saturated carbocycles. The number of nitrogens with zero attached hydrogens (tertiary/aromatic N) is 4. The van der Waals surface area contributed by atoms with Crippen molar-refractivity contribution in [2.45, 2.75) is 45.9 Å². The van der Waals surface area contributed by atoms with Gasteiger partial charge in [0.05, 0.1) is 18.3 Å². The molecule has 0 atom stereocenters. The molecule has 7 nitrogen and oxygen atoms in total. The topological polar surface area (TPSA) is 97.2 Å². The number of nitrogens with two attached hydrogens (primary N) is 1. The van der Waals surface area contributed by atoms with E-state index in [0.29, 0.717) is 25.2 Å². The summed E-state index contributed by atoms with van der Waals surface area (Å²) < 4.78 is 7.22. The molecule has 0 saturated heterocycles. The molecule has 2 heterocycles. The maximum atomic E-state index is 12.5. The van der Waals surface area contributed by atoms with Gasteiger partial charge in [0.15, 0.2) is 0 Å². The predicted octanol–water partition coefficient (Wildman–Crippen LogP) is 2.95. The molecule has 0 radical (unpaired) electrons. The lowest BCUT2D eigenvalue weighted by molar-refractivity contribution is 0.0223. The van der Waals surface area contributed by atoms with E-state index in [-0.39, 0.29) is 12.6 Å². The maximum Gasteiger partial charge on any atom is 0.410 e. The van der Waals surface area contributed by atoms with Gasteiger partial charge in [-0.25, -0.2) is 4.79 Å². The first-order valence-corrected chi connectivity index (χ1v) is 8.58. The third kappa shape index (κ3) is 3.64. The zero-order valence-electron chi connectivity index (χ0n) is 15.3. The fraction of sp³-hybridized carbons (Fsp3) is 0.421. The molecule has 136 valence electrons. The van der Waals surface area contributed by atoms with E-state index in [9.17, 15) is 4.79 Å². The fourth-order valence-corrected chi connectivity index (χ4v) is 3.09. The number of aromatic nitrogens is 2. The van der Waals surface area contributed by atoms with E-state index in [1.165, 1.54) is 0 Å². The van der Waals surface area contributed by atoms with Crippen LogP contribution in [-0.4, -0.2) is 32.9 Å². The number of anilines is 1. The van der Waals surface area contributed by atoms with E-state index in [0.717, 1.165) is 22.5 Å². The molecule has 3 rings (SSSR count). The number of nitriles is 1. The number of nitrogen functional groups attached to an aromatic ring is 1. The van der Waals surface area contributed by atoms with Crippen molar-refractivity contribution in [2.75, 3.05) is 12.3 Å². The first-order valence-electron chi connectivity index (χ1n) is 8.58. The molecule has 0 unspecified atom stereocenters. The minimum atomic E-state index is -0.543. The molecule has 1 aliphatic heterocycles. The Morgan fingerprint density at radius 1 is 1.42 bits per heavy atom. The molecule has 1 aromatic carbocycles. The summed E-state index contributed by atoms with van der Waals surface area (Å²) in [6, 6.07) is 9.62. The standard InChI is InChI=1S/C19H23N5O2/c1-19(2,3)26-18(25)23-9-7-16-15(12-23)17(22-24(16)10-8-20)13-5-4-6-14(21)11-13/h4-6,11H,7,9-10,12,21H2,1-3H3. The van der Waals surface area contributed by atoms with Gasteiger partial charge in [0.1, 0.15) is 12.1 Å². The van der Waals surface area contributed by atoms with Gasteiger partial charge < -0.3 is 15.4 Å². The zero-order chi connectivity index (χ0) is 18.9. The Balaban J connectivity index is 1.97. The molecule has 26 heavy (non-hydrogen) atoms. The Bertz CT molecular complexity index is 873. The van der Waals surface area contributed by atoms with Crippen molar-refractivity contribution in [1.82, 2.24) is 14.7 Å². The summed E-state index contributed by atoms with van der Waals surface area (Å²) in [4.78, 5) is 14.1. The highest BCUT2D eigenvalue weighted by Gasteiger charge is 2.30. The number of rotatable bonds is 2. The molecular formula is C19H23N5O2. The van der Waals surface area contributed by atoms with Gasteiger partial charge >= 0.3 is 6.09 Å². The average molecular weight is 353 g/mol. The van der Waals surface area contributed by atoms with Gasteiger partial charge in [-0.15, -0.1) is 0 Å². The number of benzene rings is 1. The first kappa shape index (κ1) is 17.8. The number of hydrogen-bond acceptors (Lipinski definition) is 5. The third-order valence-electron chi connectivity index (χ3n) is 4.17. The largest absolute Gasteiger partial charge is 0.444 e. The van der Waals surface area contributed by atoms with E-state index in [4.69, 9.17) is 15.7 Å². The second kappa shape index (κ2) is 6.71. The maximum absolute atomic E-state index is 12.5. The highest BCUT2D eigenvalue weighted by Crippen LogP contribution is 2.31. The second-order valence-electron chi connectivity index (χ2n) is 7.37. The number of hydrogen-bond donors (Lipinski definition) is 1. The van der Waals surface area contributed by atoms with Crippen molar-refractivity contribution < 1.29 is 9.53 Å². The van der Waals surface area contributed by atoms with Crippen LogP contribution in [0.5, 0.6) is 0 Å². The number of amides is 1. The van der Waals surface area contributed by atoms with Gasteiger partial charge in [-0.2, -0.15) is 10.4 Å². The molecule has 2 N–H and O–H groups in total. The highest BCUT2D eigenvalue weighted by atomic mass is 16.6. The van der Waals surface area contributed by atoms with Crippen molar-refractivity contribution in [3.8, 4) is 17.3 Å². The van der Waals surface area contributed by atoms with Gasteiger partial charge in [-0.3, -0.25) is 4.68 Å². The van der Waals surface area contributed by atoms with Crippen LogP contribution in [0.25, 0.3) is 11.3 Å². The van der Waals surface area contributed by atoms with Crippen LogP contribution in [0.4, 0.5) is 10.5 Å². The molecule has 7 heteroatoms. The summed E-state index contributed by atoms with van der Waals surface area (Å²) in [5.74, 6) is 0. The second-order valence-corrected chi connectivity index (χ2v) is 7.37. The lowest BCUT2D eigenvalue weighted by Crippen LogP contribution is -2.40. The van der Waals surface area contributed by atoms with Crippen molar-refractivity contribution in [3.63, 3.8) is 0 Å². The van der Waals surface area contributed by atoms with E-state index in [1.807, 2.05) is 45.0 Å². The molecule has 1 amide bonds. The Labute approximate surface area is 153 Å². The van der Waals surface area contributed by atoms with Gasteiger partial charge in [0, 0.05) is 35.5 Å². The van der Waals surface area contributed by atoms with Crippen LogP contribution in [0.15, 0.2) is 24.3 Å². The van der Waals surface area contributed by atoms with Crippen molar-refractivity contribution >= 4 is 11.8 Å². The molecule has 2 aromatic rings. The lowest BCUT2D eigenvalue weighted by Gasteiger charge is -2.30. The Morgan fingerprint density at radius 3 is 2.85 bits per heavy atom. The highest BCUT2D eigenvalue weighted by molar-refractivity contribution is 5.72. The number of carbonyl (C=O) groups is 1. The summed E-state index contributed by atoms with van der Waals surface area (Å²) in [6.07, 6.45) is 0.292. The zero-order valence-corrected chi connectivity index (χ0v) is 15.3. The van der Waals surface area contributed by atoms with Gasteiger partial charge in [-0.05, 0) is 32.9 Å². The molecule has 1 aliphatic rings. The Kier molecular flexibility index (Phi) is 4.60. The fourth-order valence-electron chi connectivity index (χ4n) is 3.09. The molecule has 0 aliphatic carbocycles. The summed E-state index contributed by atoms with van der Waals surface area (Å²) in [5, 5.41) is 13.7. The van der Waals surface area contributed by atoms with Crippen LogP contribution in [0.3, 0.4) is 0 Å². The molecule has 0 bridgehead atoms. The van der Waals surface area contributed by atoms with Gasteiger partial charge in [-0.1, -0.05) is 12.1 Å². The number of ether oxygens (including phenoxy) is 1. The first-order chi connectivity index (χ1) is 12.3. The van der Waals surface area contributed by atoms with Crippen LogP contribution in [0, 0.1) is 11.3 Å². The van der Waals surface area contributed by atoms with Crippen LogP contribution in [0.2, 0.25) is 0 Å². The summed E-state index contributed by atoms with van der Waals surface area (Å²) in [7, 11) is 0. The lowest BCUT2D eigenvalue weighted by atomic mass is 10.0. The van der Waals surface area contributed by atoms with Crippen LogP contribution < -0.4 is 5.73 Å². The Hall–Kier alpha value is -3.01. The van der Waals surface area contributed by atoms with Gasteiger partial charge in [0.2, 0.25) is 0 Å². The monoisotopic (exact) mass is 353 g/mol. The van der Waals surface area contributed by atoms with Crippen LogP contribution in [-0.2, 0) is 24.2 Å². The SMILES string of the molecule is CC(C)(C)OC(=O)N1CCc2c(c(-c3cccc(N)c3)nn2CC#N)C1. The molecular weight excluding hydrogens is 330 g/mol. The number of carbonyl (C=O) groups excluding carboxylic acids is 1. The minimum Gasteiger partial charge on any atom is -0.444 e. The van der Waals surface area contributed by atoms with Crippen molar-refractivity contribution in [2.24, 2.45) is 0 Å². The Morgan fingerprint density at radius 2 is 2.19 bits per heavy atom. The summed E-state index contributed by atoms with van der Waals surface area (Å²) >= 11 is 0. The van der Waals surface area contributed by atoms with Crippen LogP contribution in [0.1, 0.15) is 32.0 Å². The quantitative estimate of drug-likeness (QED) is 0.837. The molecule has 0 fully saturated rings. The predicted molar refractivity (Wildman–Crippen MR) is 98.0 cm³/mol. The van der Waals surface area contributed by atoms with Crippen LogP contribution >= 0.6 is 0 Å². The van der Waals surface area contributed by atoms with E-state index in [1.54, 1.807) is 9.58 Å². The van der Waals surface area contributed by atoms with E-state index in [2.05, 4.69) is 11.2 Å². The average Bonchev–Trinajstić information content (AvgIpc) is 2.92. The number of fused-ring (bicyclic) bond motifs is 1. The van der Waals surface area contributed by atoms with Gasteiger partial charge in [0.25, 0.3) is 0 Å². The minimum absolute atomic E-state index is 0.178. The van der Waals surface area contributed by atoms with E-state index >= 15 is 0 Å². The summed E-state index contributed by atoms with van der Waals surface area (Å²) in [6.45, 7) is 6.67. The normalized spacial score (nSPS) is 13.8.